The van der Waals surface area contributed by atoms with E-state index in [2.05, 4.69) is 71.3 Å². The highest BCUT2D eigenvalue weighted by atomic mass is 16.6. The summed E-state index contributed by atoms with van der Waals surface area (Å²) in [7, 11) is 3.25. The Kier molecular flexibility index (Phi) is 17.7. The van der Waals surface area contributed by atoms with Crippen molar-refractivity contribution in [1.29, 1.82) is 0 Å². The van der Waals surface area contributed by atoms with Gasteiger partial charge in [0.15, 0.2) is 0 Å². The number of ether oxygens (including phenoxy) is 6. The molecule has 0 spiro atoms. The Labute approximate surface area is 396 Å². The predicted molar refractivity (Wildman–Crippen MR) is 266 cm³/mol. The molecule has 0 aliphatic rings. The highest BCUT2D eigenvalue weighted by Gasteiger charge is 2.12. The molecule has 0 atom stereocenters. The number of nitrogens with one attached hydrogen (secondary N) is 2. The Bertz CT molecular complexity index is 2790. The molecule has 8 aromatic rings. The lowest BCUT2D eigenvalue weighted by Crippen LogP contribution is -2.25. The van der Waals surface area contributed by atoms with E-state index in [1.54, 1.807) is 26.4 Å². The van der Waals surface area contributed by atoms with Gasteiger partial charge in [0.25, 0.3) is 0 Å². The lowest BCUT2D eigenvalue weighted by Gasteiger charge is -2.13. The number of unbranched alkanes of at least 4 members (excludes halogenated alkanes) is 2. The monoisotopic (exact) mass is 918 g/mol. The number of alkyl carbamates (subject to hydrolysis) is 2. The first-order chi connectivity index (χ1) is 33.3. The molecule has 0 aliphatic heterocycles. The van der Waals surface area contributed by atoms with Gasteiger partial charge in [-0.3, -0.25) is 0 Å². The molecule has 0 aliphatic carbocycles. The number of methoxy groups -OCH3 is 2. The van der Waals surface area contributed by atoms with Gasteiger partial charge in [-0.1, -0.05) is 97.1 Å². The molecule has 12 nitrogen and oxygen atoms in total. The van der Waals surface area contributed by atoms with Crippen LogP contribution < -0.4 is 20.1 Å². The summed E-state index contributed by atoms with van der Waals surface area (Å²) in [6.45, 7) is 3.33. The molecule has 352 valence electrons. The molecule has 68 heavy (non-hydrogen) atoms. The van der Waals surface area contributed by atoms with Crippen LogP contribution >= 0.6 is 0 Å². The van der Waals surface area contributed by atoms with Crippen LogP contribution in [0.4, 0.5) is 9.59 Å². The van der Waals surface area contributed by atoms with Crippen LogP contribution in [0.5, 0.6) is 23.0 Å². The summed E-state index contributed by atoms with van der Waals surface area (Å²) in [5, 5.41) is 33.5. The number of carbonyl (C=O) groups excluding carboxylic acids is 2. The van der Waals surface area contributed by atoms with E-state index in [0.29, 0.717) is 45.1 Å². The minimum atomic E-state index is -0.442. The maximum atomic E-state index is 12.3. The van der Waals surface area contributed by atoms with E-state index in [4.69, 9.17) is 28.4 Å². The number of amides is 2. The van der Waals surface area contributed by atoms with E-state index in [0.717, 1.165) is 97.0 Å². The highest BCUT2D eigenvalue weighted by molar-refractivity contribution is 6.03. The maximum Gasteiger partial charge on any atom is 0.407 e. The molecular weight excluding hydrogens is 861 g/mol. The van der Waals surface area contributed by atoms with Crippen LogP contribution in [0.3, 0.4) is 0 Å². The van der Waals surface area contributed by atoms with Gasteiger partial charge in [0.2, 0.25) is 0 Å². The van der Waals surface area contributed by atoms with Gasteiger partial charge < -0.3 is 49.3 Å². The lowest BCUT2D eigenvalue weighted by molar-refractivity contribution is 0.115. The van der Waals surface area contributed by atoms with Crippen molar-refractivity contribution in [3.8, 4) is 23.0 Å². The topological polar surface area (TPSA) is 154 Å². The molecule has 0 radical (unpaired) electrons. The normalized spacial score (nSPS) is 11.0. The molecule has 0 fully saturated rings. The van der Waals surface area contributed by atoms with Crippen LogP contribution in [0.15, 0.2) is 146 Å². The molecule has 8 aromatic carbocycles. The molecule has 0 saturated heterocycles. The van der Waals surface area contributed by atoms with Crippen LogP contribution in [0, 0.1) is 0 Å². The van der Waals surface area contributed by atoms with Crippen molar-refractivity contribution in [2.75, 3.05) is 40.5 Å². The van der Waals surface area contributed by atoms with Gasteiger partial charge in [-0.05, 0) is 116 Å². The fourth-order valence-electron chi connectivity index (χ4n) is 8.01. The van der Waals surface area contributed by atoms with Gasteiger partial charge in [-0.2, -0.15) is 0 Å². The number of phenols is 2. The molecule has 12 heteroatoms. The van der Waals surface area contributed by atoms with Gasteiger partial charge in [0, 0.05) is 49.6 Å². The van der Waals surface area contributed by atoms with E-state index < -0.39 is 12.2 Å². The number of benzene rings is 8. The summed E-state index contributed by atoms with van der Waals surface area (Å²) in [6, 6.07) is 47.0. The summed E-state index contributed by atoms with van der Waals surface area (Å²) in [5.74, 6) is 1.49. The fourth-order valence-corrected chi connectivity index (χ4v) is 8.01. The Morgan fingerprint density at radius 2 is 0.809 bits per heavy atom. The first-order valence-electron chi connectivity index (χ1n) is 22.8. The highest BCUT2D eigenvalue weighted by Crippen LogP contribution is 2.31. The third kappa shape index (κ3) is 13.8. The molecule has 2 amide bonds. The number of hydrogen-bond donors (Lipinski definition) is 4. The van der Waals surface area contributed by atoms with Crippen LogP contribution in [-0.4, -0.2) is 62.9 Å². The second-order valence-corrected chi connectivity index (χ2v) is 16.2. The summed E-state index contributed by atoms with van der Waals surface area (Å²) in [5.41, 5.74) is 3.72. The van der Waals surface area contributed by atoms with Crippen LogP contribution in [-0.2, 0) is 45.4 Å². The van der Waals surface area contributed by atoms with Crippen molar-refractivity contribution in [3.05, 3.63) is 168 Å². The van der Waals surface area contributed by atoms with E-state index in [1.165, 1.54) is 6.07 Å². The van der Waals surface area contributed by atoms with Gasteiger partial charge in [0.05, 0.1) is 27.4 Å². The zero-order valence-electron chi connectivity index (χ0n) is 38.5. The summed E-state index contributed by atoms with van der Waals surface area (Å²) < 4.78 is 33.0. The van der Waals surface area contributed by atoms with Crippen molar-refractivity contribution in [3.63, 3.8) is 0 Å². The smallest absolute Gasteiger partial charge is 0.407 e. The molecule has 0 aromatic heterocycles. The van der Waals surface area contributed by atoms with E-state index >= 15 is 0 Å². The first-order valence-corrected chi connectivity index (χ1v) is 22.8. The maximum absolute atomic E-state index is 12.3. The van der Waals surface area contributed by atoms with Gasteiger partial charge in [-0.25, -0.2) is 9.59 Å². The third-order valence-corrected chi connectivity index (χ3v) is 11.3. The van der Waals surface area contributed by atoms with Crippen LogP contribution in [0.25, 0.3) is 43.1 Å². The van der Waals surface area contributed by atoms with Crippen molar-refractivity contribution in [2.45, 2.75) is 52.1 Å². The standard InChI is InChI=1S/C29H31NO5.C27H27NO5/c1-32-24-15-21(16-25(18-24)33-2)19-34-14-8-7-13-30-29(31)35-20-28-26-11-5-3-9-22(26)17-23-10-4-6-12-27(23)28;29-22-13-19(14-23(30)16-22)17-32-12-6-5-11-28-27(31)33-18-26-24-9-3-1-7-20(24)15-21-8-2-4-10-25(21)26/h3-6,9-12,15-18H,7-8,13-14,19-20H2,1-2H3,(H,30,31);1-4,7-10,13-16,29-30H,5-6,11-12,17-18H2,(H,28,31). The number of rotatable bonds is 20. The van der Waals surface area contributed by atoms with Gasteiger partial charge in [-0.15, -0.1) is 0 Å². The quantitative estimate of drug-likeness (QED) is 0.0429. The SMILES string of the molecule is COc1cc(COCCCCNC(=O)OCc2c3ccccc3cc3ccccc23)cc(OC)c1.O=C(NCCCCOCc1cc(O)cc(O)c1)OCc1c2ccccc2cc2ccccc12. The predicted octanol–water partition coefficient (Wildman–Crippen LogP) is 11.9. The molecule has 0 bridgehead atoms. The Morgan fingerprint density at radius 3 is 1.19 bits per heavy atom. The summed E-state index contributed by atoms with van der Waals surface area (Å²) in [4.78, 5) is 24.5. The van der Waals surface area contributed by atoms with E-state index in [-0.39, 0.29) is 24.7 Å². The summed E-state index contributed by atoms with van der Waals surface area (Å²) in [6.07, 6.45) is 2.29. The molecule has 0 saturated carbocycles. The number of carbonyl (C=O) groups is 2. The van der Waals surface area contributed by atoms with Crippen molar-refractivity contribution in [1.82, 2.24) is 10.6 Å². The van der Waals surface area contributed by atoms with Crippen LogP contribution in [0.2, 0.25) is 0 Å². The Morgan fingerprint density at radius 1 is 0.441 bits per heavy atom. The number of hydrogen-bond acceptors (Lipinski definition) is 10. The lowest BCUT2D eigenvalue weighted by atomic mass is 9.97. The largest absolute Gasteiger partial charge is 0.508 e. The Hall–Kier alpha value is -7.54. The van der Waals surface area contributed by atoms with Crippen molar-refractivity contribution >= 4 is 55.3 Å². The minimum absolute atomic E-state index is 0.00723. The fraction of sp³-hybridized carbons (Fsp3) is 0.250. The molecule has 8 rings (SSSR count). The molecule has 0 unspecified atom stereocenters. The number of fused-ring (bicyclic) bond motifs is 4. The molecule has 0 heterocycles. The minimum Gasteiger partial charge on any atom is -0.508 e. The van der Waals surface area contributed by atoms with E-state index in [9.17, 15) is 19.8 Å². The Balaban J connectivity index is 0.000000202. The summed E-state index contributed by atoms with van der Waals surface area (Å²) >= 11 is 0. The second-order valence-electron chi connectivity index (χ2n) is 16.2. The molecular formula is C56H58N2O10. The average molecular weight is 919 g/mol. The zero-order chi connectivity index (χ0) is 47.5. The average Bonchev–Trinajstić information content (AvgIpc) is 3.35. The van der Waals surface area contributed by atoms with Crippen LogP contribution in [0.1, 0.15) is 47.9 Å². The first kappa shape index (κ1) is 48.4. The van der Waals surface area contributed by atoms with Gasteiger partial charge in [0.1, 0.15) is 36.2 Å². The van der Waals surface area contributed by atoms with Crippen molar-refractivity contribution < 1.29 is 48.2 Å². The molecule has 4 N–H and O–H groups in total. The van der Waals surface area contributed by atoms with E-state index in [1.807, 2.05) is 66.7 Å². The number of phenolic OH excluding ortho intramolecular Hbond substituents is 2. The third-order valence-electron chi connectivity index (χ3n) is 11.3. The zero-order valence-corrected chi connectivity index (χ0v) is 38.5. The van der Waals surface area contributed by atoms with Gasteiger partial charge >= 0.3 is 12.2 Å². The van der Waals surface area contributed by atoms with Crippen molar-refractivity contribution in [2.24, 2.45) is 0 Å². The second kappa shape index (κ2) is 24.8. The number of aromatic hydroxyl groups is 2.